The topological polar surface area (TPSA) is 67.9 Å². The highest BCUT2D eigenvalue weighted by molar-refractivity contribution is 5.89. The van der Waals surface area contributed by atoms with Gasteiger partial charge in [0, 0.05) is 0 Å². The molecule has 1 aliphatic heterocycles. The molecule has 5 rings (SSSR count). The molecule has 1 heterocycles. The number of piperidine rings is 1. The highest BCUT2D eigenvalue weighted by atomic mass is 35.5. The first-order valence-corrected chi connectivity index (χ1v) is 11.1. The largest absolute Gasteiger partial charge is 0.464 e. The van der Waals surface area contributed by atoms with Gasteiger partial charge in [-0.05, 0) is 66.9 Å². The molecule has 7 heteroatoms. The van der Waals surface area contributed by atoms with E-state index in [1.54, 1.807) is 4.90 Å². The van der Waals surface area contributed by atoms with Crippen molar-refractivity contribution in [2.75, 3.05) is 26.8 Å². The summed E-state index contributed by atoms with van der Waals surface area (Å²) in [6, 6.07) is 15.8. The van der Waals surface area contributed by atoms with E-state index in [1.165, 1.54) is 7.11 Å². The van der Waals surface area contributed by atoms with Crippen molar-refractivity contribution in [1.29, 1.82) is 0 Å². The van der Waals surface area contributed by atoms with Gasteiger partial charge in [-0.3, -0.25) is 4.90 Å². The lowest BCUT2D eigenvalue weighted by molar-refractivity contribution is -0.161. The number of esters is 1. The SMILES string of the molecule is COC(=O)N(C1c2ccccc2-c2ccccc21)C1(C(=O)OCC2CC2)CCNCC1.Cl. The lowest BCUT2D eigenvalue weighted by atomic mass is 9.84. The summed E-state index contributed by atoms with van der Waals surface area (Å²) in [6.07, 6.45) is 2.69. The Balaban J connectivity index is 0.00000245. The summed E-state index contributed by atoms with van der Waals surface area (Å²) in [7, 11) is 1.38. The maximum atomic E-state index is 13.6. The number of amides is 1. The van der Waals surface area contributed by atoms with Crippen molar-refractivity contribution >= 4 is 24.5 Å². The van der Waals surface area contributed by atoms with Gasteiger partial charge < -0.3 is 14.8 Å². The Morgan fingerprint density at radius 2 is 1.56 bits per heavy atom. The number of ether oxygens (including phenoxy) is 2. The van der Waals surface area contributed by atoms with Crippen molar-refractivity contribution in [2.45, 2.75) is 37.3 Å². The van der Waals surface area contributed by atoms with Crippen molar-refractivity contribution in [2.24, 2.45) is 5.92 Å². The number of halogens is 1. The summed E-state index contributed by atoms with van der Waals surface area (Å²) in [5.41, 5.74) is 3.14. The molecule has 0 bridgehead atoms. The average molecular weight is 457 g/mol. The van der Waals surface area contributed by atoms with Crippen molar-refractivity contribution in [1.82, 2.24) is 10.2 Å². The van der Waals surface area contributed by atoms with Gasteiger partial charge in [-0.1, -0.05) is 48.5 Å². The Labute approximate surface area is 194 Å². The monoisotopic (exact) mass is 456 g/mol. The van der Waals surface area contributed by atoms with Crippen LogP contribution in [0, 0.1) is 5.92 Å². The highest BCUT2D eigenvalue weighted by Gasteiger charge is 2.54. The summed E-state index contributed by atoms with van der Waals surface area (Å²) in [5, 5.41) is 3.33. The van der Waals surface area contributed by atoms with E-state index in [2.05, 4.69) is 17.4 Å². The normalized spacial score (nSPS) is 18.7. The Bertz CT molecular complexity index is 955. The van der Waals surface area contributed by atoms with Gasteiger partial charge in [0.1, 0.15) is 5.54 Å². The first-order chi connectivity index (χ1) is 15.2. The molecule has 1 saturated carbocycles. The van der Waals surface area contributed by atoms with Crippen molar-refractivity contribution in [3.8, 4) is 11.1 Å². The smallest absolute Gasteiger partial charge is 0.411 e. The average Bonchev–Trinajstić information content (AvgIpc) is 3.60. The zero-order valence-corrected chi connectivity index (χ0v) is 19.0. The second-order valence-corrected chi connectivity index (χ2v) is 8.74. The molecule has 6 nitrogen and oxygen atoms in total. The Kier molecular flexibility index (Phi) is 6.45. The van der Waals surface area contributed by atoms with E-state index in [-0.39, 0.29) is 18.4 Å². The van der Waals surface area contributed by atoms with Gasteiger partial charge >= 0.3 is 12.1 Å². The first-order valence-electron chi connectivity index (χ1n) is 11.1. The molecule has 2 aromatic rings. The molecule has 2 fully saturated rings. The molecule has 1 amide bonds. The molecule has 0 unspecified atom stereocenters. The molecule has 0 radical (unpaired) electrons. The number of hydrogen-bond acceptors (Lipinski definition) is 5. The summed E-state index contributed by atoms with van der Waals surface area (Å²) in [6.45, 7) is 1.71. The van der Waals surface area contributed by atoms with Crippen LogP contribution in [0.2, 0.25) is 0 Å². The molecule has 1 N–H and O–H groups in total. The van der Waals surface area contributed by atoms with Gasteiger partial charge in [0.2, 0.25) is 0 Å². The first kappa shape index (κ1) is 22.6. The molecule has 32 heavy (non-hydrogen) atoms. The maximum Gasteiger partial charge on any atom is 0.411 e. The fraction of sp³-hybridized carbons (Fsp3) is 0.440. The van der Waals surface area contributed by atoms with E-state index in [4.69, 9.17) is 9.47 Å². The molecule has 1 saturated heterocycles. The van der Waals surface area contributed by atoms with Gasteiger partial charge in [-0.2, -0.15) is 0 Å². The molecule has 2 aromatic carbocycles. The third kappa shape index (κ3) is 3.76. The number of nitrogens with one attached hydrogen (secondary N) is 1. The summed E-state index contributed by atoms with van der Waals surface area (Å²) in [4.78, 5) is 28.6. The maximum absolute atomic E-state index is 13.6. The number of rotatable bonds is 5. The highest BCUT2D eigenvalue weighted by Crippen LogP contribution is 2.50. The summed E-state index contributed by atoms with van der Waals surface area (Å²) < 4.78 is 11.1. The van der Waals surface area contributed by atoms with Crippen LogP contribution in [-0.4, -0.2) is 49.3 Å². The minimum Gasteiger partial charge on any atom is -0.464 e. The predicted octanol–water partition coefficient (Wildman–Crippen LogP) is 4.32. The summed E-state index contributed by atoms with van der Waals surface area (Å²) >= 11 is 0. The van der Waals surface area contributed by atoms with E-state index in [0.29, 0.717) is 38.5 Å². The molecular formula is C25H29ClN2O4. The molecular weight excluding hydrogens is 428 g/mol. The molecule has 170 valence electrons. The van der Waals surface area contributed by atoms with E-state index < -0.39 is 17.7 Å². The standard InChI is InChI=1S/C25H28N2O4.ClH/c1-30-24(29)27(25(12-14-26-15-13-25)23(28)31-16-17-10-11-17)22-20-8-4-2-6-18(20)19-7-3-5-9-21(19)22;/h2-9,17,22,26H,10-16H2,1H3;1H. The third-order valence-electron chi connectivity index (χ3n) is 6.85. The minimum absolute atomic E-state index is 0. The zero-order valence-electron chi connectivity index (χ0n) is 18.2. The van der Waals surface area contributed by atoms with Gasteiger partial charge in [-0.25, -0.2) is 9.59 Å². The second-order valence-electron chi connectivity index (χ2n) is 8.74. The van der Waals surface area contributed by atoms with Crippen LogP contribution in [0.25, 0.3) is 11.1 Å². The molecule has 2 aliphatic carbocycles. The van der Waals surface area contributed by atoms with Crippen LogP contribution in [0.4, 0.5) is 4.79 Å². The van der Waals surface area contributed by atoms with Crippen LogP contribution in [0.3, 0.4) is 0 Å². The molecule has 3 aliphatic rings. The van der Waals surface area contributed by atoms with Crippen LogP contribution in [0.15, 0.2) is 48.5 Å². The Morgan fingerprint density at radius 1 is 1.00 bits per heavy atom. The van der Waals surface area contributed by atoms with E-state index in [0.717, 1.165) is 35.1 Å². The summed E-state index contributed by atoms with van der Waals surface area (Å²) in [5.74, 6) is 0.149. The number of benzene rings is 2. The fourth-order valence-electron chi connectivity index (χ4n) is 5.03. The predicted molar refractivity (Wildman–Crippen MR) is 124 cm³/mol. The van der Waals surface area contributed by atoms with Gasteiger partial charge in [0.05, 0.1) is 19.8 Å². The van der Waals surface area contributed by atoms with Crippen LogP contribution >= 0.6 is 12.4 Å². The van der Waals surface area contributed by atoms with E-state index >= 15 is 0 Å². The molecule has 0 aromatic heterocycles. The van der Waals surface area contributed by atoms with Crippen molar-refractivity contribution in [3.63, 3.8) is 0 Å². The lowest BCUT2D eigenvalue weighted by Gasteiger charge is -2.46. The number of fused-ring (bicyclic) bond motifs is 3. The van der Waals surface area contributed by atoms with E-state index in [9.17, 15) is 9.59 Å². The number of methoxy groups -OCH3 is 1. The fourth-order valence-corrected chi connectivity index (χ4v) is 5.03. The lowest BCUT2D eigenvalue weighted by Crippen LogP contribution is -2.62. The zero-order chi connectivity index (χ0) is 21.4. The number of hydrogen-bond donors (Lipinski definition) is 1. The van der Waals surface area contributed by atoms with Gasteiger partial charge in [0.15, 0.2) is 0 Å². The Hall–Kier alpha value is -2.57. The van der Waals surface area contributed by atoms with Crippen LogP contribution in [0.1, 0.15) is 42.9 Å². The van der Waals surface area contributed by atoms with E-state index in [1.807, 2.05) is 36.4 Å². The minimum atomic E-state index is -1.07. The molecule has 0 spiro atoms. The Morgan fingerprint density at radius 3 is 2.09 bits per heavy atom. The third-order valence-corrected chi connectivity index (χ3v) is 6.85. The van der Waals surface area contributed by atoms with Crippen LogP contribution in [0.5, 0.6) is 0 Å². The number of nitrogens with zero attached hydrogens (tertiary/aromatic N) is 1. The number of carbonyl (C=O) groups excluding carboxylic acids is 2. The molecule has 0 atom stereocenters. The second kappa shape index (κ2) is 9.12. The van der Waals surface area contributed by atoms with Crippen LogP contribution < -0.4 is 5.32 Å². The van der Waals surface area contributed by atoms with Crippen molar-refractivity contribution < 1.29 is 19.1 Å². The van der Waals surface area contributed by atoms with Gasteiger partial charge in [-0.15, -0.1) is 12.4 Å². The van der Waals surface area contributed by atoms with Crippen molar-refractivity contribution in [3.05, 3.63) is 59.7 Å². The van der Waals surface area contributed by atoms with Gasteiger partial charge in [0.25, 0.3) is 0 Å². The van der Waals surface area contributed by atoms with Crippen LogP contribution in [-0.2, 0) is 14.3 Å². The number of carbonyl (C=O) groups is 2. The quantitative estimate of drug-likeness (QED) is 0.678.